The second kappa shape index (κ2) is 6.31. The van der Waals surface area contributed by atoms with Crippen LogP contribution in [-0.2, 0) is 4.79 Å². The van der Waals surface area contributed by atoms with Crippen molar-refractivity contribution < 1.29 is 14.3 Å². The Balaban J connectivity index is 2.60. The van der Waals surface area contributed by atoms with E-state index in [0.29, 0.717) is 17.7 Å². The van der Waals surface area contributed by atoms with E-state index in [9.17, 15) is 9.59 Å². The normalized spacial score (nSPS) is 12.6. The Labute approximate surface area is 113 Å². The van der Waals surface area contributed by atoms with Crippen molar-refractivity contribution in [2.45, 2.75) is 45.8 Å². The lowest BCUT2D eigenvalue weighted by Crippen LogP contribution is -2.48. The summed E-state index contributed by atoms with van der Waals surface area (Å²) in [5.74, 6) is 0.286. The minimum Gasteiger partial charge on any atom is -0.479 e. The molecule has 0 radical (unpaired) electrons. The summed E-state index contributed by atoms with van der Waals surface area (Å²) in [7, 11) is 0. The standard InChI is InChI=1S/C14H20N2O3/c1-5-14(3,4)16-13(18)10(2)19-12-7-6-11(9-17)15-8-12/h6-10H,5H2,1-4H3,(H,16,18). The van der Waals surface area contributed by atoms with E-state index in [1.807, 2.05) is 20.8 Å². The summed E-state index contributed by atoms with van der Waals surface area (Å²) in [6.45, 7) is 7.60. The van der Waals surface area contributed by atoms with E-state index in [0.717, 1.165) is 6.42 Å². The number of pyridine rings is 1. The fourth-order valence-electron chi connectivity index (χ4n) is 1.31. The molecule has 0 aromatic carbocycles. The van der Waals surface area contributed by atoms with Crippen molar-refractivity contribution >= 4 is 12.2 Å². The van der Waals surface area contributed by atoms with Crippen LogP contribution in [0.3, 0.4) is 0 Å². The number of carbonyl (C=O) groups is 2. The average Bonchev–Trinajstić information content (AvgIpc) is 2.39. The lowest BCUT2D eigenvalue weighted by molar-refractivity contribution is -0.128. The predicted octanol–water partition coefficient (Wildman–Crippen LogP) is 1.97. The molecule has 0 aliphatic heterocycles. The molecule has 1 amide bonds. The molecular formula is C14H20N2O3. The molecule has 0 saturated carbocycles. The zero-order valence-electron chi connectivity index (χ0n) is 11.8. The summed E-state index contributed by atoms with van der Waals surface area (Å²) in [5, 5.41) is 2.91. The molecule has 1 unspecified atom stereocenters. The van der Waals surface area contributed by atoms with Crippen LogP contribution < -0.4 is 10.1 Å². The summed E-state index contributed by atoms with van der Waals surface area (Å²) in [5.41, 5.74) is 0.0745. The van der Waals surface area contributed by atoms with E-state index in [1.165, 1.54) is 6.20 Å². The minimum absolute atomic E-state index is 0.175. The highest BCUT2D eigenvalue weighted by Gasteiger charge is 2.22. The molecule has 5 nitrogen and oxygen atoms in total. The van der Waals surface area contributed by atoms with Crippen LogP contribution >= 0.6 is 0 Å². The molecule has 1 atom stereocenters. The van der Waals surface area contributed by atoms with Crippen molar-refractivity contribution in [2.75, 3.05) is 0 Å². The fraction of sp³-hybridized carbons (Fsp3) is 0.500. The van der Waals surface area contributed by atoms with Crippen LogP contribution in [-0.4, -0.2) is 28.8 Å². The van der Waals surface area contributed by atoms with Gasteiger partial charge in [-0.3, -0.25) is 9.59 Å². The summed E-state index contributed by atoms with van der Waals surface area (Å²) < 4.78 is 5.48. The van der Waals surface area contributed by atoms with E-state index in [4.69, 9.17) is 4.74 Å². The van der Waals surface area contributed by atoms with Gasteiger partial charge in [-0.15, -0.1) is 0 Å². The summed E-state index contributed by atoms with van der Waals surface area (Å²) in [6, 6.07) is 3.16. The van der Waals surface area contributed by atoms with Gasteiger partial charge in [0.25, 0.3) is 5.91 Å². The van der Waals surface area contributed by atoms with Crippen molar-refractivity contribution in [2.24, 2.45) is 0 Å². The van der Waals surface area contributed by atoms with Crippen molar-refractivity contribution in [1.29, 1.82) is 0 Å². The maximum atomic E-state index is 11.9. The third-order valence-electron chi connectivity index (χ3n) is 2.91. The Morgan fingerprint density at radius 3 is 2.68 bits per heavy atom. The summed E-state index contributed by atoms with van der Waals surface area (Å²) in [4.78, 5) is 26.3. The second-order valence-corrected chi connectivity index (χ2v) is 5.02. The number of aldehydes is 1. The fourth-order valence-corrected chi connectivity index (χ4v) is 1.31. The first-order valence-corrected chi connectivity index (χ1v) is 6.28. The van der Waals surface area contributed by atoms with Gasteiger partial charge >= 0.3 is 0 Å². The molecular weight excluding hydrogens is 244 g/mol. The van der Waals surface area contributed by atoms with Crippen LogP contribution in [0.15, 0.2) is 18.3 Å². The van der Waals surface area contributed by atoms with Gasteiger partial charge in [0.2, 0.25) is 0 Å². The van der Waals surface area contributed by atoms with E-state index in [1.54, 1.807) is 19.1 Å². The third kappa shape index (κ3) is 4.69. The highest BCUT2D eigenvalue weighted by atomic mass is 16.5. The molecule has 1 aromatic rings. The monoisotopic (exact) mass is 264 g/mol. The zero-order chi connectivity index (χ0) is 14.5. The van der Waals surface area contributed by atoms with Crippen LogP contribution in [0.1, 0.15) is 44.6 Å². The number of aromatic nitrogens is 1. The Morgan fingerprint density at radius 1 is 1.53 bits per heavy atom. The molecule has 104 valence electrons. The van der Waals surface area contributed by atoms with Crippen molar-refractivity contribution in [3.8, 4) is 5.75 Å². The molecule has 1 aromatic heterocycles. The van der Waals surface area contributed by atoms with Gasteiger partial charge in [-0.05, 0) is 39.3 Å². The first-order valence-electron chi connectivity index (χ1n) is 6.28. The lowest BCUT2D eigenvalue weighted by Gasteiger charge is -2.26. The van der Waals surface area contributed by atoms with Gasteiger partial charge in [-0.25, -0.2) is 4.98 Å². The number of nitrogens with zero attached hydrogens (tertiary/aromatic N) is 1. The number of carbonyl (C=O) groups excluding carboxylic acids is 2. The lowest BCUT2D eigenvalue weighted by atomic mass is 10.0. The highest BCUT2D eigenvalue weighted by molar-refractivity contribution is 5.81. The number of hydrogen-bond donors (Lipinski definition) is 1. The first kappa shape index (κ1) is 15.1. The van der Waals surface area contributed by atoms with Crippen LogP contribution in [0.4, 0.5) is 0 Å². The molecule has 0 spiro atoms. The van der Waals surface area contributed by atoms with Gasteiger partial charge in [-0.1, -0.05) is 6.92 Å². The van der Waals surface area contributed by atoms with Gasteiger partial charge < -0.3 is 10.1 Å². The van der Waals surface area contributed by atoms with E-state index in [-0.39, 0.29) is 11.4 Å². The Kier molecular flexibility index (Phi) is 5.03. The molecule has 5 heteroatoms. The van der Waals surface area contributed by atoms with Crippen molar-refractivity contribution in [3.63, 3.8) is 0 Å². The second-order valence-electron chi connectivity index (χ2n) is 5.02. The van der Waals surface area contributed by atoms with Gasteiger partial charge in [0.1, 0.15) is 11.4 Å². The SMILES string of the molecule is CCC(C)(C)NC(=O)C(C)Oc1ccc(C=O)nc1. The molecule has 1 rings (SSSR count). The molecule has 1 heterocycles. The average molecular weight is 264 g/mol. The maximum absolute atomic E-state index is 11.9. The molecule has 0 fully saturated rings. The minimum atomic E-state index is -0.616. The van der Waals surface area contributed by atoms with Crippen LogP contribution in [0, 0.1) is 0 Å². The first-order chi connectivity index (χ1) is 8.88. The number of ether oxygens (including phenoxy) is 1. The van der Waals surface area contributed by atoms with E-state index in [2.05, 4.69) is 10.3 Å². The smallest absolute Gasteiger partial charge is 0.261 e. The van der Waals surface area contributed by atoms with Gasteiger partial charge in [-0.2, -0.15) is 0 Å². The van der Waals surface area contributed by atoms with E-state index < -0.39 is 6.10 Å². The third-order valence-corrected chi connectivity index (χ3v) is 2.91. The summed E-state index contributed by atoms with van der Waals surface area (Å²) in [6.07, 6.45) is 2.30. The number of nitrogens with one attached hydrogen (secondary N) is 1. The quantitative estimate of drug-likeness (QED) is 0.797. The van der Waals surface area contributed by atoms with Crippen LogP contribution in [0.25, 0.3) is 0 Å². The Hall–Kier alpha value is -1.91. The molecule has 0 bridgehead atoms. The molecule has 0 saturated heterocycles. The zero-order valence-corrected chi connectivity index (χ0v) is 11.8. The summed E-state index contributed by atoms with van der Waals surface area (Å²) >= 11 is 0. The topological polar surface area (TPSA) is 68.3 Å². The van der Waals surface area contributed by atoms with Crippen molar-refractivity contribution in [3.05, 3.63) is 24.0 Å². The van der Waals surface area contributed by atoms with Crippen LogP contribution in [0.2, 0.25) is 0 Å². The highest BCUT2D eigenvalue weighted by Crippen LogP contribution is 2.12. The number of amides is 1. The molecule has 1 N–H and O–H groups in total. The number of hydrogen-bond acceptors (Lipinski definition) is 4. The van der Waals surface area contributed by atoms with Crippen LogP contribution in [0.5, 0.6) is 5.75 Å². The van der Waals surface area contributed by atoms with Gasteiger partial charge in [0.05, 0.1) is 6.20 Å². The number of rotatable bonds is 6. The van der Waals surface area contributed by atoms with Gasteiger partial charge in [0, 0.05) is 5.54 Å². The van der Waals surface area contributed by atoms with E-state index >= 15 is 0 Å². The molecule has 0 aliphatic carbocycles. The molecule has 0 aliphatic rings. The Bertz CT molecular complexity index is 441. The maximum Gasteiger partial charge on any atom is 0.261 e. The Morgan fingerprint density at radius 2 is 2.21 bits per heavy atom. The van der Waals surface area contributed by atoms with Gasteiger partial charge in [0.15, 0.2) is 12.4 Å². The largest absolute Gasteiger partial charge is 0.479 e. The molecule has 19 heavy (non-hydrogen) atoms. The predicted molar refractivity (Wildman–Crippen MR) is 72.2 cm³/mol. The van der Waals surface area contributed by atoms with Crippen molar-refractivity contribution in [1.82, 2.24) is 10.3 Å².